The zero-order valence-electron chi connectivity index (χ0n) is 14.1. The first kappa shape index (κ1) is 18.6. The average molecular weight is 438 g/mol. The summed E-state index contributed by atoms with van der Waals surface area (Å²) in [5.74, 6) is 0.619. The van der Waals surface area contributed by atoms with Crippen molar-refractivity contribution in [3.05, 3.63) is 64.3 Å². The van der Waals surface area contributed by atoms with E-state index in [0.717, 1.165) is 5.56 Å². The van der Waals surface area contributed by atoms with E-state index in [0.29, 0.717) is 37.9 Å². The van der Waals surface area contributed by atoms with Gasteiger partial charge in [-0.3, -0.25) is 4.31 Å². The van der Waals surface area contributed by atoms with E-state index in [4.69, 9.17) is 23.2 Å². The van der Waals surface area contributed by atoms with Crippen LogP contribution < -0.4 is 4.31 Å². The van der Waals surface area contributed by atoms with Crippen molar-refractivity contribution in [2.45, 2.75) is 15.8 Å². The van der Waals surface area contributed by atoms with Crippen LogP contribution in [0.2, 0.25) is 10.0 Å². The van der Waals surface area contributed by atoms with Gasteiger partial charge < -0.3 is 0 Å². The molecule has 1 aliphatic rings. The summed E-state index contributed by atoms with van der Waals surface area (Å²) in [4.78, 5) is 8.83. The van der Waals surface area contributed by atoms with Crippen LogP contribution in [0.5, 0.6) is 0 Å². The zero-order chi connectivity index (χ0) is 19.2. The predicted octanol–water partition coefficient (Wildman–Crippen LogP) is 4.88. The third kappa shape index (κ3) is 3.40. The van der Waals surface area contributed by atoms with Crippen LogP contribution in [0, 0.1) is 0 Å². The van der Waals surface area contributed by atoms with E-state index < -0.39 is 10.0 Å². The molecule has 2 heterocycles. The number of fused-ring (bicyclic) bond motifs is 3. The van der Waals surface area contributed by atoms with Crippen LogP contribution in [-0.4, -0.2) is 25.4 Å². The Morgan fingerprint density at radius 2 is 1.89 bits per heavy atom. The van der Waals surface area contributed by atoms with Crippen molar-refractivity contribution in [2.24, 2.45) is 0 Å². The molecule has 0 radical (unpaired) electrons. The van der Waals surface area contributed by atoms with Gasteiger partial charge in [0.2, 0.25) is 0 Å². The summed E-state index contributed by atoms with van der Waals surface area (Å²) in [5.41, 5.74) is 2.61. The Morgan fingerprint density at radius 1 is 1.11 bits per heavy atom. The van der Waals surface area contributed by atoms with E-state index in [-0.39, 0.29) is 4.90 Å². The predicted molar refractivity (Wildman–Crippen MR) is 109 cm³/mol. The minimum atomic E-state index is -3.70. The third-order valence-electron chi connectivity index (χ3n) is 4.18. The lowest BCUT2D eigenvalue weighted by atomic mass is 10.1. The molecule has 27 heavy (non-hydrogen) atoms. The summed E-state index contributed by atoms with van der Waals surface area (Å²) in [6.07, 6.45) is 1.36. The molecule has 4 rings (SSSR count). The summed E-state index contributed by atoms with van der Waals surface area (Å²) in [7, 11) is -2.19. The van der Waals surface area contributed by atoms with Crippen LogP contribution in [0.25, 0.3) is 11.3 Å². The van der Waals surface area contributed by atoms with Crippen molar-refractivity contribution in [2.75, 3.05) is 11.4 Å². The van der Waals surface area contributed by atoms with Crippen LogP contribution in [0.4, 0.5) is 5.69 Å². The molecule has 0 spiro atoms. The molecule has 9 heteroatoms. The van der Waals surface area contributed by atoms with Crippen molar-refractivity contribution in [3.8, 4) is 11.3 Å². The van der Waals surface area contributed by atoms with Crippen molar-refractivity contribution < 1.29 is 8.42 Å². The highest BCUT2D eigenvalue weighted by Gasteiger charge is 2.34. The van der Waals surface area contributed by atoms with Gasteiger partial charge in [0.25, 0.3) is 10.0 Å². The molecule has 0 fully saturated rings. The minimum absolute atomic E-state index is 0.0758. The molecule has 1 aliphatic heterocycles. The lowest BCUT2D eigenvalue weighted by molar-refractivity contribution is 0.592. The SMILES string of the molecule is CN1c2ccc(Cl)cc2-c2nc(SCc3cccc(Cl)c3)ncc2S1(=O)=O. The van der Waals surface area contributed by atoms with E-state index >= 15 is 0 Å². The second-order valence-electron chi connectivity index (χ2n) is 5.92. The van der Waals surface area contributed by atoms with Gasteiger partial charge in [-0.2, -0.15) is 0 Å². The van der Waals surface area contributed by atoms with Crippen LogP contribution in [0.15, 0.2) is 58.7 Å². The van der Waals surface area contributed by atoms with Gasteiger partial charge in [-0.1, -0.05) is 47.1 Å². The van der Waals surface area contributed by atoms with Gasteiger partial charge in [0.15, 0.2) is 5.16 Å². The second-order valence-corrected chi connectivity index (χ2v) is 9.67. The van der Waals surface area contributed by atoms with Gasteiger partial charge in [0.05, 0.1) is 17.6 Å². The van der Waals surface area contributed by atoms with Crippen LogP contribution >= 0.6 is 35.0 Å². The fraction of sp³-hybridized carbons (Fsp3) is 0.111. The molecule has 1 aromatic heterocycles. The molecule has 0 N–H and O–H groups in total. The Labute approximate surface area is 171 Å². The molecular weight excluding hydrogens is 425 g/mol. The Kier molecular flexibility index (Phi) is 4.80. The molecule has 5 nitrogen and oxygen atoms in total. The molecule has 0 saturated carbocycles. The maximum atomic E-state index is 12.8. The summed E-state index contributed by atoms with van der Waals surface area (Å²) in [5, 5.41) is 1.66. The lowest BCUT2D eigenvalue weighted by Crippen LogP contribution is -2.31. The standard InChI is InChI=1S/C18H13Cl2N3O2S2/c1-23-15-6-5-13(20)8-14(15)17-16(27(23,24)25)9-21-18(22-17)26-10-11-3-2-4-12(19)7-11/h2-9H,10H2,1H3. The summed E-state index contributed by atoms with van der Waals surface area (Å²) in [6.45, 7) is 0. The second kappa shape index (κ2) is 6.98. The van der Waals surface area contributed by atoms with Crippen molar-refractivity contribution in [3.63, 3.8) is 0 Å². The average Bonchev–Trinajstić information content (AvgIpc) is 2.64. The first-order valence-electron chi connectivity index (χ1n) is 7.89. The quantitative estimate of drug-likeness (QED) is 0.431. The number of hydrogen-bond acceptors (Lipinski definition) is 5. The van der Waals surface area contributed by atoms with Gasteiger partial charge >= 0.3 is 0 Å². The summed E-state index contributed by atoms with van der Waals surface area (Å²) < 4.78 is 26.8. The molecule has 0 bridgehead atoms. The van der Waals surface area contributed by atoms with Gasteiger partial charge in [-0.05, 0) is 35.9 Å². The van der Waals surface area contributed by atoms with E-state index in [1.54, 1.807) is 18.2 Å². The van der Waals surface area contributed by atoms with Gasteiger partial charge in [-0.25, -0.2) is 18.4 Å². The number of nitrogens with zero attached hydrogens (tertiary/aromatic N) is 3. The zero-order valence-corrected chi connectivity index (χ0v) is 17.2. The van der Waals surface area contributed by atoms with Gasteiger partial charge in [0, 0.05) is 28.4 Å². The number of thioether (sulfide) groups is 1. The summed E-state index contributed by atoms with van der Waals surface area (Å²) in [6, 6.07) is 12.6. The van der Waals surface area contributed by atoms with Crippen LogP contribution in [0.1, 0.15) is 5.56 Å². The minimum Gasteiger partial charge on any atom is -0.269 e. The summed E-state index contributed by atoms with van der Waals surface area (Å²) >= 11 is 13.6. The highest BCUT2D eigenvalue weighted by Crippen LogP contribution is 2.42. The van der Waals surface area contributed by atoms with Crippen LogP contribution in [-0.2, 0) is 15.8 Å². The number of benzene rings is 2. The molecule has 2 aromatic carbocycles. The van der Waals surface area contributed by atoms with Crippen LogP contribution in [0.3, 0.4) is 0 Å². The Bertz CT molecular complexity index is 1150. The lowest BCUT2D eigenvalue weighted by Gasteiger charge is -2.28. The van der Waals surface area contributed by atoms with E-state index in [1.165, 1.54) is 29.3 Å². The fourth-order valence-corrected chi connectivity index (χ4v) is 5.27. The Balaban J connectivity index is 1.75. The maximum absolute atomic E-state index is 12.8. The number of aromatic nitrogens is 2. The van der Waals surface area contributed by atoms with Gasteiger partial charge in [-0.15, -0.1) is 0 Å². The normalized spacial score (nSPS) is 14.6. The van der Waals surface area contributed by atoms with Gasteiger partial charge in [0.1, 0.15) is 4.90 Å². The molecule has 3 aromatic rings. The highest BCUT2D eigenvalue weighted by atomic mass is 35.5. The molecule has 0 amide bonds. The van der Waals surface area contributed by atoms with Crippen molar-refractivity contribution in [1.29, 1.82) is 0 Å². The first-order valence-corrected chi connectivity index (χ1v) is 11.1. The number of rotatable bonds is 3. The number of anilines is 1. The number of halogens is 2. The number of hydrogen-bond donors (Lipinski definition) is 0. The van der Waals surface area contributed by atoms with Crippen molar-refractivity contribution >= 4 is 50.7 Å². The van der Waals surface area contributed by atoms with E-state index in [9.17, 15) is 8.42 Å². The molecule has 0 atom stereocenters. The maximum Gasteiger partial charge on any atom is 0.267 e. The Morgan fingerprint density at radius 3 is 2.67 bits per heavy atom. The topological polar surface area (TPSA) is 63.2 Å². The fourth-order valence-electron chi connectivity index (χ4n) is 2.83. The molecule has 0 saturated heterocycles. The Hall–Kier alpha value is -1.80. The molecule has 0 unspecified atom stereocenters. The molecule has 0 aliphatic carbocycles. The smallest absolute Gasteiger partial charge is 0.267 e. The first-order chi connectivity index (χ1) is 12.9. The van der Waals surface area contributed by atoms with E-state index in [2.05, 4.69) is 9.97 Å². The number of sulfonamides is 1. The third-order valence-corrected chi connectivity index (χ3v) is 7.36. The largest absolute Gasteiger partial charge is 0.269 e. The highest BCUT2D eigenvalue weighted by molar-refractivity contribution is 7.98. The van der Waals surface area contributed by atoms with Crippen molar-refractivity contribution in [1.82, 2.24) is 9.97 Å². The molecule has 138 valence electrons. The van der Waals surface area contributed by atoms with E-state index in [1.807, 2.05) is 24.3 Å². The monoisotopic (exact) mass is 437 g/mol. The molecular formula is C18H13Cl2N3O2S2.